The van der Waals surface area contributed by atoms with Crippen LogP contribution in [0.25, 0.3) is 0 Å². The van der Waals surface area contributed by atoms with Crippen LogP contribution in [0, 0.1) is 0 Å². The molecule has 0 unspecified atom stereocenters. The molecule has 0 N–H and O–H groups in total. The topological polar surface area (TPSA) is 0 Å². The van der Waals surface area contributed by atoms with Gasteiger partial charge in [-0.2, -0.15) is 0 Å². The zero-order valence-corrected chi connectivity index (χ0v) is 10.2. The summed E-state index contributed by atoms with van der Waals surface area (Å²) in [5.41, 5.74) is 1.11. The molecule has 0 aliphatic carbocycles. The van der Waals surface area contributed by atoms with Gasteiger partial charge in [0.15, 0.2) is 0 Å². The summed E-state index contributed by atoms with van der Waals surface area (Å²) >= 11 is 0. The van der Waals surface area contributed by atoms with Gasteiger partial charge in [0, 0.05) is 10.2 Å². The van der Waals surface area contributed by atoms with Gasteiger partial charge < -0.3 is 0 Å². The van der Waals surface area contributed by atoms with Crippen LogP contribution in [-0.2, 0) is 0 Å². The van der Waals surface area contributed by atoms with Crippen LogP contribution < -0.4 is 0 Å². The molecule has 0 atom stereocenters. The lowest BCUT2D eigenvalue weighted by Crippen LogP contribution is -1.91. The smallest absolute Gasteiger partial charge is 0.00672 e. The van der Waals surface area contributed by atoms with E-state index in [4.69, 9.17) is 0 Å². The van der Waals surface area contributed by atoms with E-state index < -0.39 is 0 Å². The van der Waals surface area contributed by atoms with Gasteiger partial charge in [-0.3, -0.25) is 4.70 Å². The summed E-state index contributed by atoms with van der Waals surface area (Å²) in [7, 11) is 1.42. The molecule has 0 nitrogen and oxygen atoms in total. The minimum Gasteiger partial charge on any atom is -0.269 e. The van der Waals surface area contributed by atoms with Crippen molar-refractivity contribution in [1.82, 2.24) is 0 Å². The van der Waals surface area contributed by atoms with E-state index >= 15 is 0 Å². The summed E-state index contributed by atoms with van der Waals surface area (Å²) in [6.07, 6.45) is 8.68. The van der Waals surface area contributed by atoms with E-state index in [0.717, 1.165) is 5.54 Å². The average molecular weight is 178 g/mol. The maximum absolute atomic E-state index is 2.29. The van der Waals surface area contributed by atoms with Gasteiger partial charge in [-0.1, -0.05) is 57.9 Å². The first kappa shape index (κ1) is 13.7. The number of hydrogen-bond acceptors (Lipinski definition) is 0. The molecule has 0 spiro atoms. The second-order valence-corrected chi connectivity index (χ2v) is 5.02. The van der Waals surface area contributed by atoms with Gasteiger partial charge in [-0.25, -0.2) is 0 Å². The third kappa shape index (κ3) is 10.1. The van der Waals surface area contributed by atoms with Crippen molar-refractivity contribution in [3.05, 3.63) is 0 Å². The lowest BCUT2D eigenvalue weighted by Gasteiger charge is -2.08. The Kier molecular flexibility index (Phi) is 12.7. The predicted octanol–water partition coefficient (Wildman–Crippen LogP) is 2.67. The highest BCUT2D eigenvalue weighted by atomic mass is 28.1. The molecule has 0 bridgehead atoms. The molecule has 0 fully saturated rings. The summed E-state index contributed by atoms with van der Waals surface area (Å²) in [4.78, 5) is 0. The summed E-state index contributed by atoms with van der Waals surface area (Å²) in [6.45, 7) is 4.57. The predicted molar refractivity (Wildman–Crippen MR) is 55.2 cm³/mol. The second kappa shape index (κ2) is 10.1. The third-order valence-corrected chi connectivity index (χ3v) is 3.26. The molecule has 0 aliphatic rings. The van der Waals surface area contributed by atoms with E-state index in [1.807, 2.05) is 0 Å². The minimum atomic E-state index is 0. The molecular weight excluding hydrogens is 155 g/mol. The zero-order chi connectivity index (χ0) is 7.82. The monoisotopic (exact) mass is 178 g/mol. The van der Waals surface area contributed by atoms with Crippen LogP contribution in [0.3, 0.4) is 0 Å². The largest absolute Gasteiger partial charge is 0.269 e. The van der Waals surface area contributed by atoms with Gasteiger partial charge in [0.2, 0.25) is 0 Å². The van der Waals surface area contributed by atoms with Crippen LogP contribution in [0.4, 0.5) is 4.70 Å². The molecule has 2 heteroatoms. The van der Waals surface area contributed by atoms with Gasteiger partial charge in [-0.15, -0.1) is 0 Å². The molecule has 0 rings (SSSR count). The highest BCUT2D eigenvalue weighted by Gasteiger charge is 1.98. The maximum Gasteiger partial charge on any atom is 0.00672 e. The quantitative estimate of drug-likeness (QED) is 0.549. The van der Waals surface area contributed by atoms with Crippen LogP contribution in [-0.4, -0.2) is 10.2 Å². The van der Waals surface area contributed by atoms with Crippen molar-refractivity contribution in [3.8, 4) is 0 Å². The number of rotatable bonds is 6. The first-order chi connectivity index (χ1) is 4.81. The van der Waals surface area contributed by atoms with Gasteiger partial charge in [0.05, 0.1) is 0 Å². The molecule has 0 aliphatic heterocycles. The van der Waals surface area contributed by atoms with E-state index in [1.165, 1.54) is 48.8 Å². The Hall–Kier alpha value is 0.147. The van der Waals surface area contributed by atoms with E-state index in [2.05, 4.69) is 13.8 Å². The van der Waals surface area contributed by atoms with Gasteiger partial charge >= 0.3 is 0 Å². The fourth-order valence-electron chi connectivity index (χ4n) is 1.25. The molecule has 0 radical (unpaired) electrons. The van der Waals surface area contributed by atoms with Gasteiger partial charge in [0.1, 0.15) is 0 Å². The number of hydrogen-bond donors (Lipinski definition) is 0. The Morgan fingerprint density at radius 2 is 1.36 bits per heavy atom. The summed E-state index contributed by atoms with van der Waals surface area (Å²) in [6, 6.07) is 0. The first-order valence-corrected chi connectivity index (χ1v) is 5.96. The van der Waals surface area contributed by atoms with Crippen molar-refractivity contribution in [2.24, 2.45) is 0 Å². The third-order valence-electron chi connectivity index (χ3n) is 2.10. The van der Waals surface area contributed by atoms with E-state index in [-0.39, 0.29) is 4.70 Å². The van der Waals surface area contributed by atoms with Crippen LogP contribution >= 0.6 is 0 Å². The van der Waals surface area contributed by atoms with Crippen molar-refractivity contribution in [2.45, 2.75) is 57.9 Å². The normalized spacial score (nSPS) is 10.1. The Morgan fingerprint density at radius 1 is 1.00 bits per heavy atom. The second-order valence-electron chi connectivity index (χ2n) is 3.39. The molecule has 11 heavy (non-hydrogen) atoms. The van der Waals surface area contributed by atoms with Crippen molar-refractivity contribution in [1.29, 1.82) is 0 Å². The SMILES string of the molecule is CCCCC([SiH3])CCCC.F. The van der Waals surface area contributed by atoms with Crippen molar-refractivity contribution in [2.75, 3.05) is 0 Å². The van der Waals surface area contributed by atoms with Crippen LogP contribution in [0.15, 0.2) is 0 Å². The highest BCUT2D eigenvalue weighted by molar-refractivity contribution is 6.11. The van der Waals surface area contributed by atoms with Crippen LogP contribution in [0.5, 0.6) is 0 Å². The van der Waals surface area contributed by atoms with Gasteiger partial charge in [0.25, 0.3) is 0 Å². The van der Waals surface area contributed by atoms with Crippen molar-refractivity contribution in [3.63, 3.8) is 0 Å². The Labute approximate surface area is 73.6 Å². The van der Waals surface area contributed by atoms with Crippen LogP contribution in [0.1, 0.15) is 52.4 Å². The molecule has 70 valence electrons. The van der Waals surface area contributed by atoms with Gasteiger partial charge in [-0.05, 0) is 0 Å². The summed E-state index contributed by atoms with van der Waals surface area (Å²) in [5.74, 6) is 0. The molecule has 0 aromatic carbocycles. The number of unbranched alkanes of at least 4 members (excludes halogenated alkanes) is 2. The maximum atomic E-state index is 2.29. The van der Waals surface area contributed by atoms with Crippen molar-refractivity contribution >= 4 is 10.2 Å². The highest BCUT2D eigenvalue weighted by Crippen LogP contribution is 2.17. The fourth-order valence-corrected chi connectivity index (χ4v) is 2.07. The Morgan fingerprint density at radius 3 is 1.64 bits per heavy atom. The molecule has 0 amide bonds. The molecular formula is C9H23FSi. The summed E-state index contributed by atoms with van der Waals surface area (Å²) in [5, 5.41) is 0. The lowest BCUT2D eigenvalue weighted by atomic mass is 10.1. The first-order valence-electron chi connectivity index (χ1n) is 4.81. The molecule has 0 aromatic heterocycles. The zero-order valence-electron chi connectivity index (χ0n) is 8.23. The summed E-state index contributed by atoms with van der Waals surface area (Å²) < 4.78 is 0. The van der Waals surface area contributed by atoms with E-state index in [0.29, 0.717) is 0 Å². The molecule has 0 heterocycles. The van der Waals surface area contributed by atoms with E-state index in [1.54, 1.807) is 0 Å². The van der Waals surface area contributed by atoms with E-state index in [9.17, 15) is 0 Å². The molecule has 0 saturated heterocycles. The Bertz CT molecular complexity index is 58.6. The minimum absolute atomic E-state index is 0. The standard InChI is InChI=1S/C9H22Si.FH/c1-3-5-7-9(10)8-6-4-2;/h9H,3-8H2,1-2,10H3;1H. The van der Waals surface area contributed by atoms with Crippen LogP contribution in [0.2, 0.25) is 5.54 Å². The lowest BCUT2D eigenvalue weighted by molar-refractivity contribution is 0.601. The Balaban J connectivity index is 0. The fraction of sp³-hybridized carbons (Fsp3) is 1.00. The number of halogens is 1. The van der Waals surface area contributed by atoms with Crippen molar-refractivity contribution < 1.29 is 4.70 Å². The molecule has 0 aromatic rings. The average Bonchev–Trinajstić information content (AvgIpc) is 1.97. The molecule has 0 saturated carbocycles.